The van der Waals surface area contributed by atoms with Crippen LogP contribution in [0.3, 0.4) is 0 Å². The maximum atomic E-state index is 13.1. The smallest absolute Gasteiger partial charge is 0.241 e. The lowest BCUT2D eigenvalue weighted by atomic mass is 10.2. The van der Waals surface area contributed by atoms with Crippen molar-refractivity contribution in [3.63, 3.8) is 0 Å². The second kappa shape index (κ2) is 8.19. The molecule has 6 heteroatoms. The van der Waals surface area contributed by atoms with E-state index in [1.165, 1.54) is 12.1 Å². The molecule has 1 aliphatic rings. The highest BCUT2D eigenvalue weighted by Crippen LogP contribution is 2.19. The fourth-order valence-corrected chi connectivity index (χ4v) is 3.11. The van der Waals surface area contributed by atoms with E-state index in [-0.39, 0.29) is 17.8 Å². The average molecular weight is 357 g/mol. The van der Waals surface area contributed by atoms with Crippen molar-refractivity contribution in [3.8, 4) is 5.75 Å². The Bertz CT molecular complexity index is 726. The lowest BCUT2D eigenvalue weighted by molar-refractivity contribution is -0.120. The number of rotatable bonds is 5. The molecule has 1 N–H and O–H groups in total. The number of hydrogen-bond donors (Lipinski definition) is 1. The van der Waals surface area contributed by atoms with Gasteiger partial charge in [0.05, 0.1) is 13.2 Å². The predicted octanol–water partition coefficient (Wildman–Crippen LogP) is 2.98. The lowest BCUT2D eigenvalue weighted by Crippen LogP contribution is -2.52. The molecule has 1 unspecified atom stereocenters. The number of methoxy groups -OCH3 is 1. The molecular weight excluding hydrogens is 333 g/mol. The monoisotopic (exact) mass is 357 g/mol. The van der Waals surface area contributed by atoms with Crippen molar-refractivity contribution < 1.29 is 13.9 Å². The molecule has 2 aromatic carbocycles. The number of nitrogens with zero attached hydrogens (tertiary/aromatic N) is 2. The molecule has 2 aromatic rings. The van der Waals surface area contributed by atoms with Crippen LogP contribution >= 0.6 is 0 Å². The van der Waals surface area contributed by atoms with Gasteiger partial charge in [0.15, 0.2) is 0 Å². The second-order valence-corrected chi connectivity index (χ2v) is 6.39. The van der Waals surface area contributed by atoms with Crippen molar-refractivity contribution in [2.24, 2.45) is 0 Å². The van der Waals surface area contributed by atoms with Crippen LogP contribution in [0.4, 0.5) is 15.8 Å². The van der Waals surface area contributed by atoms with E-state index in [1.54, 1.807) is 19.2 Å². The molecule has 26 heavy (non-hydrogen) atoms. The molecular formula is C20H24FN3O2. The van der Waals surface area contributed by atoms with Crippen molar-refractivity contribution in [2.45, 2.75) is 13.0 Å². The summed E-state index contributed by atoms with van der Waals surface area (Å²) in [5.41, 5.74) is 1.77. The van der Waals surface area contributed by atoms with Crippen LogP contribution in [-0.4, -0.2) is 50.1 Å². The first-order chi connectivity index (χ1) is 12.6. The molecule has 0 aromatic heterocycles. The zero-order chi connectivity index (χ0) is 18.5. The molecule has 1 amide bonds. The standard InChI is InChI=1S/C20H24FN3O2/c1-15(20(25)22-17-5-9-19(26-2)10-6-17)23-11-13-24(14-12-23)18-7-3-16(21)4-8-18/h3-10,15H,11-14H2,1-2H3,(H,22,25). The molecule has 1 heterocycles. The van der Waals surface area contributed by atoms with Crippen molar-refractivity contribution in [1.29, 1.82) is 0 Å². The predicted molar refractivity (Wildman–Crippen MR) is 101 cm³/mol. The summed E-state index contributed by atoms with van der Waals surface area (Å²) in [6.45, 7) is 5.12. The molecule has 1 fully saturated rings. The van der Waals surface area contributed by atoms with Gasteiger partial charge in [0.25, 0.3) is 0 Å². The Balaban J connectivity index is 1.52. The number of anilines is 2. The summed E-state index contributed by atoms with van der Waals surface area (Å²) in [5.74, 6) is 0.509. The Hall–Kier alpha value is -2.60. The minimum Gasteiger partial charge on any atom is -0.497 e. The van der Waals surface area contributed by atoms with Crippen LogP contribution in [-0.2, 0) is 4.79 Å². The Morgan fingerprint density at radius 2 is 1.65 bits per heavy atom. The molecule has 138 valence electrons. The summed E-state index contributed by atoms with van der Waals surface area (Å²) >= 11 is 0. The minimum atomic E-state index is -0.226. The minimum absolute atomic E-state index is 0.0228. The molecule has 1 saturated heterocycles. The van der Waals surface area contributed by atoms with Gasteiger partial charge in [-0.3, -0.25) is 9.69 Å². The molecule has 3 rings (SSSR count). The summed E-state index contributed by atoms with van der Waals surface area (Å²) in [4.78, 5) is 16.9. The van der Waals surface area contributed by atoms with Crippen molar-refractivity contribution >= 4 is 17.3 Å². The van der Waals surface area contributed by atoms with Gasteiger partial charge in [-0.2, -0.15) is 0 Å². The first kappa shape index (κ1) is 18.2. The highest BCUT2D eigenvalue weighted by Gasteiger charge is 2.25. The third kappa shape index (κ3) is 4.32. The van der Waals surface area contributed by atoms with Gasteiger partial charge in [0.2, 0.25) is 5.91 Å². The van der Waals surface area contributed by atoms with E-state index in [0.717, 1.165) is 43.3 Å². The molecule has 0 saturated carbocycles. The Kier molecular flexibility index (Phi) is 5.73. The summed E-state index contributed by atoms with van der Waals surface area (Å²) < 4.78 is 18.2. The number of benzene rings is 2. The van der Waals surface area contributed by atoms with E-state index in [0.29, 0.717) is 0 Å². The number of piperazine rings is 1. The van der Waals surface area contributed by atoms with Crippen LogP contribution in [0.5, 0.6) is 5.75 Å². The van der Waals surface area contributed by atoms with E-state index in [9.17, 15) is 9.18 Å². The normalized spacial score (nSPS) is 16.2. The number of ether oxygens (including phenoxy) is 1. The number of halogens is 1. The molecule has 0 spiro atoms. The largest absolute Gasteiger partial charge is 0.497 e. The number of carbonyl (C=O) groups is 1. The first-order valence-electron chi connectivity index (χ1n) is 8.76. The van der Waals surface area contributed by atoms with Gasteiger partial charge in [-0.1, -0.05) is 0 Å². The van der Waals surface area contributed by atoms with Gasteiger partial charge in [-0.05, 0) is 55.5 Å². The van der Waals surface area contributed by atoms with Gasteiger partial charge in [0, 0.05) is 37.6 Å². The van der Waals surface area contributed by atoms with Crippen LogP contribution < -0.4 is 15.0 Å². The van der Waals surface area contributed by atoms with Gasteiger partial charge in [0.1, 0.15) is 11.6 Å². The van der Waals surface area contributed by atoms with E-state index in [4.69, 9.17) is 4.74 Å². The quantitative estimate of drug-likeness (QED) is 0.894. The molecule has 5 nitrogen and oxygen atoms in total. The van der Waals surface area contributed by atoms with Crippen molar-refractivity contribution in [1.82, 2.24) is 4.90 Å². The highest BCUT2D eigenvalue weighted by molar-refractivity contribution is 5.94. The third-order valence-electron chi connectivity index (χ3n) is 4.79. The summed E-state index contributed by atoms with van der Waals surface area (Å²) in [7, 11) is 1.61. The number of amides is 1. The maximum absolute atomic E-state index is 13.1. The molecule has 0 aliphatic carbocycles. The number of hydrogen-bond acceptors (Lipinski definition) is 4. The van der Waals surface area contributed by atoms with Crippen molar-refractivity contribution in [3.05, 3.63) is 54.3 Å². The van der Waals surface area contributed by atoms with Gasteiger partial charge >= 0.3 is 0 Å². The molecule has 0 bridgehead atoms. The second-order valence-electron chi connectivity index (χ2n) is 6.39. The Morgan fingerprint density at radius 3 is 2.23 bits per heavy atom. The summed E-state index contributed by atoms with van der Waals surface area (Å²) in [5, 5.41) is 2.95. The molecule has 1 atom stereocenters. The van der Waals surface area contributed by atoms with Crippen LogP contribution in [0.1, 0.15) is 6.92 Å². The van der Waals surface area contributed by atoms with Gasteiger partial charge < -0.3 is 15.0 Å². The number of carbonyl (C=O) groups excluding carboxylic acids is 1. The Morgan fingerprint density at radius 1 is 1.04 bits per heavy atom. The van der Waals surface area contributed by atoms with Crippen LogP contribution in [0, 0.1) is 5.82 Å². The summed E-state index contributed by atoms with van der Waals surface area (Å²) in [6.07, 6.45) is 0. The molecule has 1 aliphatic heterocycles. The van der Waals surface area contributed by atoms with E-state index in [2.05, 4.69) is 15.1 Å². The zero-order valence-electron chi connectivity index (χ0n) is 15.1. The van der Waals surface area contributed by atoms with E-state index >= 15 is 0 Å². The average Bonchev–Trinajstić information content (AvgIpc) is 2.69. The van der Waals surface area contributed by atoms with Crippen LogP contribution in [0.15, 0.2) is 48.5 Å². The van der Waals surface area contributed by atoms with Gasteiger partial charge in [-0.25, -0.2) is 4.39 Å². The third-order valence-corrected chi connectivity index (χ3v) is 4.79. The Labute approximate surface area is 153 Å². The summed E-state index contributed by atoms with van der Waals surface area (Å²) in [6, 6.07) is 13.6. The first-order valence-corrected chi connectivity index (χ1v) is 8.76. The zero-order valence-corrected chi connectivity index (χ0v) is 15.1. The van der Waals surface area contributed by atoms with E-state index < -0.39 is 0 Å². The van der Waals surface area contributed by atoms with E-state index in [1.807, 2.05) is 31.2 Å². The fraction of sp³-hybridized carbons (Fsp3) is 0.350. The lowest BCUT2D eigenvalue weighted by Gasteiger charge is -2.38. The van der Waals surface area contributed by atoms with Crippen LogP contribution in [0.25, 0.3) is 0 Å². The molecule has 0 radical (unpaired) electrons. The van der Waals surface area contributed by atoms with Crippen molar-refractivity contribution in [2.75, 3.05) is 43.5 Å². The topological polar surface area (TPSA) is 44.8 Å². The number of nitrogens with one attached hydrogen (secondary N) is 1. The van der Waals surface area contributed by atoms with Crippen LogP contribution in [0.2, 0.25) is 0 Å². The van der Waals surface area contributed by atoms with Gasteiger partial charge in [-0.15, -0.1) is 0 Å². The highest BCUT2D eigenvalue weighted by atomic mass is 19.1. The fourth-order valence-electron chi connectivity index (χ4n) is 3.11. The maximum Gasteiger partial charge on any atom is 0.241 e. The SMILES string of the molecule is COc1ccc(NC(=O)C(C)N2CCN(c3ccc(F)cc3)CC2)cc1.